The van der Waals surface area contributed by atoms with Crippen molar-refractivity contribution in [1.29, 1.82) is 0 Å². The van der Waals surface area contributed by atoms with Crippen LogP contribution in [0.25, 0.3) is 0 Å². The summed E-state index contributed by atoms with van der Waals surface area (Å²) < 4.78 is 0. The highest BCUT2D eigenvalue weighted by Crippen LogP contribution is 2.48. The molecule has 4 unspecified atom stereocenters. The van der Waals surface area contributed by atoms with Gasteiger partial charge in [0.1, 0.15) is 0 Å². The Balaban J connectivity index is 2.17. The van der Waals surface area contributed by atoms with Crippen molar-refractivity contribution in [3.8, 4) is 0 Å². The molecule has 0 amide bonds. The summed E-state index contributed by atoms with van der Waals surface area (Å²) in [5.41, 5.74) is 0. The van der Waals surface area contributed by atoms with E-state index in [9.17, 15) is 5.11 Å². The average molecular weight is 172 g/mol. The Morgan fingerprint density at radius 1 is 1.08 bits per heavy atom. The van der Waals surface area contributed by atoms with Crippen LogP contribution in [0.5, 0.6) is 0 Å². The molecule has 12 heavy (non-hydrogen) atoms. The Bertz CT molecular complexity index is 137. The van der Waals surface area contributed by atoms with Crippen molar-refractivity contribution >= 4 is 0 Å². The zero-order chi connectivity index (χ0) is 9.30. The summed E-state index contributed by atoms with van der Waals surface area (Å²) in [5, 5.41) is 18.7. The molecular weight excluding hydrogens is 152 g/mol. The first-order valence-corrected chi connectivity index (χ1v) is 4.90. The van der Waals surface area contributed by atoms with Gasteiger partial charge in [0.15, 0.2) is 0 Å². The molecule has 0 saturated heterocycles. The van der Waals surface area contributed by atoms with Crippen LogP contribution >= 0.6 is 0 Å². The van der Waals surface area contributed by atoms with Crippen molar-refractivity contribution in [2.75, 3.05) is 0 Å². The molecule has 1 fully saturated rings. The summed E-state index contributed by atoms with van der Waals surface area (Å²) in [6.45, 7) is 6.13. The van der Waals surface area contributed by atoms with Gasteiger partial charge >= 0.3 is 0 Å². The molecule has 1 aliphatic rings. The van der Waals surface area contributed by atoms with Crippen molar-refractivity contribution in [2.45, 2.75) is 45.8 Å². The van der Waals surface area contributed by atoms with Gasteiger partial charge in [-0.2, -0.15) is 0 Å². The molecule has 1 rings (SSSR count). The molecule has 2 heteroatoms. The van der Waals surface area contributed by atoms with Crippen molar-refractivity contribution < 1.29 is 10.2 Å². The molecule has 0 bridgehead atoms. The third kappa shape index (κ3) is 2.20. The van der Waals surface area contributed by atoms with Gasteiger partial charge in [0.05, 0.1) is 12.2 Å². The minimum Gasteiger partial charge on any atom is -0.393 e. The van der Waals surface area contributed by atoms with Crippen molar-refractivity contribution in [2.24, 2.45) is 17.8 Å². The largest absolute Gasteiger partial charge is 0.393 e. The molecule has 0 heterocycles. The summed E-state index contributed by atoms with van der Waals surface area (Å²) in [4.78, 5) is 0. The van der Waals surface area contributed by atoms with Gasteiger partial charge in [0.25, 0.3) is 0 Å². The fourth-order valence-corrected chi connectivity index (χ4v) is 2.01. The van der Waals surface area contributed by atoms with Crippen LogP contribution in [0.15, 0.2) is 0 Å². The normalized spacial score (nSPS) is 39.2. The molecule has 0 aromatic heterocycles. The van der Waals surface area contributed by atoms with Gasteiger partial charge in [-0.1, -0.05) is 13.8 Å². The van der Waals surface area contributed by atoms with Gasteiger partial charge in [0.2, 0.25) is 0 Å². The van der Waals surface area contributed by atoms with E-state index in [0.717, 1.165) is 12.8 Å². The molecular formula is C10H20O2. The third-order valence-corrected chi connectivity index (χ3v) is 3.23. The molecule has 0 aliphatic heterocycles. The fraction of sp³-hybridized carbons (Fsp3) is 1.00. The minimum absolute atomic E-state index is 0.190. The van der Waals surface area contributed by atoms with Crippen molar-refractivity contribution in [3.63, 3.8) is 0 Å². The summed E-state index contributed by atoms with van der Waals surface area (Å²) >= 11 is 0. The Morgan fingerprint density at radius 3 is 1.92 bits per heavy atom. The summed E-state index contributed by atoms with van der Waals surface area (Å²) in [6, 6.07) is 0. The number of aliphatic hydroxyl groups excluding tert-OH is 2. The second-order valence-corrected chi connectivity index (χ2v) is 4.29. The molecule has 0 spiro atoms. The molecule has 4 atom stereocenters. The van der Waals surface area contributed by atoms with Crippen LogP contribution in [0, 0.1) is 17.8 Å². The first-order valence-electron chi connectivity index (χ1n) is 4.90. The highest BCUT2D eigenvalue weighted by molar-refractivity contribution is 4.95. The number of rotatable bonds is 4. The van der Waals surface area contributed by atoms with Crippen LogP contribution in [-0.2, 0) is 0 Å². The first kappa shape index (κ1) is 10.0. The zero-order valence-electron chi connectivity index (χ0n) is 8.20. The van der Waals surface area contributed by atoms with E-state index in [0.29, 0.717) is 17.8 Å². The van der Waals surface area contributed by atoms with Crippen molar-refractivity contribution in [1.82, 2.24) is 0 Å². The molecule has 0 radical (unpaired) electrons. The van der Waals surface area contributed by atoms with Crippen LogP contribution in [0.3, 0.4) is 0 Å². The monoisotopic (exact) mass is 172 g/mol. The molecule has 0 aromatic rings. The van der Waals surface area contributed by atoms with E-state index in [1.807, 2.05) is 0 Å². The van der Waals surface area contributed by atoms with Gasteiger partial charge in [-0.05, 0) is 37.5 Å². The predicted molar refractivity (Wildman–Crippen MR) is 48.7 cm³/mol. The van der Waals surface area contributed by atoms with Crippen LogP contribution < -0.4 is 0 Å². The van der Waals surface area contributed by atoms with Crippen LogP contribution in [0.1, 0.15) is 33.6 Å². The molecule has 72 valence electrons. The Labute approximate surface area is 74.6 Å². The van der Waals surface area contributed by atoms with Crippen LogP contribution in [0.2, 0.25) is 0 Å². The minimum atomic E-state index is -0.274. The zero-order valence-corrected chi connectivity index (χ0v) is 8.20. The fourth-order valence-electron chi connectivity index (χ4n) is 2.01. The molecule has 1 saturated carbocycles. The predicted octanol–water partition coefficient (Wildman–Crippen LogP) is 1.41. The molecule has 0 aromatic carbocycles. The molecule has 1 aliphatic carbocycles. The average Bonchev–Trinajstić information content (AvgIpc) is 2.56. The van der Waals surface area contributed by atoms with Gasteiger partial charge in [0, 0.05) is 0 Å². The number of aliphatic hydroxyl groups is 2. The van der Waals surface area contributed by atoms with Crippen molar-refractivity contribution in [3.05, 3.63) is 0 Å². The van der Waals surface area contributed by atoms with E-state index in [-0.39, 0.29) is 12.2 Å². The second kappa shape index (κ2) is 3.75. The third-order valence-electron chi connectivity index (χ3n) is 3.23. The van der Waals surface area contributed by atoms with Gasteiger partial charge in [-0.25, -0.2) is 0 Å². The van der Waals surface area contributed by atoms with Gasteiger partial charge < -0.3 is 10.2 Å². The van der Waals surface area contributed by atoms with E-state index in [1.54, 1.807) is 6.92 Å². The highest BCUT2D eigenvalue weighted by Gasteiger charge is 2.46. The van der Waals surface area contributed by atoms with Gasteiger partial charge in [-0.3, -0.25) is 0 Å². The second-order valence-electron chi connectivity index (χ2n) is 4.29. The highest BCUT2D eigenvalue weighted by atomic mass is 16.3. The maximum Gasteiger partial charge on any atom is 0.0574 e. The van der Waals surface area contributed by atoms with E-state index in [2.05, 4.69) is 13.8 Å². The lowest BCUT2D eigenvalue weighted by atomic mass is 10.1. The Kier molecular flexibility index (Phi) is 3.13. The maximum atomic E-state index is 9.67. The summed E-state index contributed by atoms with van der Waals surface area (Å²) in [6.07, 6.45) is 1.00. The van der Waals surface area contributed by atoms with Crippen LogP contribution in [0.4, 0.5) is 0 Å². The Hall–Kier alpha value is -0.0800. The van der Waals surface area contributed by atoms with E-state index in [1.165, 1.54) is 0 Å². The summed E-state index contributed by atoms with van der Waals surface area (Å²) in [5.74, 6) is 1.84. The number of hydrogen-bond acceptors (Lipinski definition) is 2. The van der Waals surface area contributed by atoms with Gasteiger partial charge in [-0.15, -0.1) is 0 Å². The number of hydrogen-bond donors (Lipinski definition) is 2. The lowest BCUT2D eigenvalue weighted by Crippen LogP contribution is -2.14. The maximum absolute atomic E-state index is 9.67. The molecule has 2 N–H and O–H groups in total. The quantitative estimate of drug-likeness (QED) is 0.673. The lowest BCUT2D eigenvalue weighted by Gasteiger charge is -2.10. The smallest absolute Gasteiger partial charge is 0.0574 e. The van der Waals surface area contributed by atoms with E-state index in [4.69, 9.17) is 5.11 Å². The standard InChI is InChI=1S/C10H20O2/c1-6(11)4-5-9(12)10-7(2)8(10)3/h6-12H,4-5H2,1-3H3. The topological polar surface area (TPSA) is 40.5 Å². The Morgan fingerprint density at radius 2 is 1.58 bits per heavy atom. The van der Waals surface area contributed by atoms with Crippen LogP contribution in [-0.4, -0.2) is 22.4 Å². The van der Waals surface area contributed by atoms with E-state index >= 15 is 0 Å². The first-order chi connectivity index (χ1) is 5.54. The lowest BCUT2D eigenvalue weighted by molar-refractivity contribution is 0.102. The molecule has 2 nitrogen and oxygen atoms in total. The summed E-state index contributed by atoms with van der Waals surface area (Å²) in [7, 11) is 0. The van der Waals surface area contributed by atoms with E-state index < -0.39 is 0 Å². The SMILES string of the molecule is CC(O)CCC(O)C1C(C)C1C.